The molecule has 0 aliphatic carbocycles. The Morgan fingerprint density at radius 3 is 2.53 bits per heavy atom. The minimum Gasteiger partial charge on any atom is -0.483 e. The molecule has 0 bridgehead atoms. The SMILES string of the molecule is Cc1cccc(C)c1OCC(=O)NNC(=O)CCn1cnc2ccc(Br)cc2c1=O. The Morgan fingerprint density at radius 1 is 1.10 bits per heavy atom. The number of carbonyl (C=O) groups is 2. The highest BCUT2D eigenvalue weighted by Crippen LogP contribution is 2.22. The van der Waals surface area contributed by atoms with E-state index in [2.05, 4.69) is 31.8 Å². The molecule has 9 heteroatoms. The summed E-state index contributed by atoms with van der Waals surface area (Å²) < 4.78 is 7.67. The van der Waals surface area contributed by atoms with Crippen molar-refractivity contribution in [2.45, 2.75) is 26.8 Å². The zero-order valence-electron chi connectivity index (χ0n) is 16.6. The van der Waals surface area contributed by atoms with Gasteiger partial charge in [0.2, 0.25) is 5.91 Å². The van der Waals surface area contributed by atoms with E-state index in [1.807, 2.05) is 32.0 Å². The maximum absolute atomic E-state index is 12.5. The smallest absolute Gasteiger partial charge is 0.276 e. The molecule has 2 amide bonds. The van der Waals surface area contributed by atoms with Gasteiger partial charge in [-0.3, -0.25) is 29.8 Å². The van der Waals surface area contributed by atoms with E-state index in [9.17, 15) is 14.4 Å². The van der Waals surface area contributed by atoms with Crippen molar-refractivity contribution in [1.29, 1.82) is 0 Å². The molecule has 156 valence electrons. The fraction of sp³-hybridized carbons (Fsp3) is 0.238. The maximum atomic E-state index is 12.5. The molecule has 0 spiro atoms. The Morgan fingerprint density at radius 2 is 1.80 bits per heavy atom. The number of amides is 2. The molecular formula is C21H21BrN4O4. The van der Waals surface area contributed by atoms with E-state index in [1.165, 1.54) is 10.9 Å². The molecule has 0 aliphatic heterocycles. The molecule has 1 aromatic heterocycles. The zero-order valence-corrected chi connectivity index (χ0v) is 18.2. The van der Waals surface area contributed by atoms with E-state index in [-0.39, 0.29) is 25.1 Å². The Labute approximate surface area is 181 Å². The quantitative estimate of drug-likeness (QED) is 0.536. The number of ether oxygens (including phenoxy) is 1. The monoisotopic (exact) mass is 472 g/mol. The Hall–Kier alpha value is -3.20. The van der Waals surface area contributed by atoms with E-state index in [0.29, 0.717) is 16.7 Å². The summed E-state index contributed by atoms with van der Waals surface area (Å²) in [6.07, 6.45) is 1.40. The van der Waals surface area contributed by atoms with E-state index in [4.69, 9.17) is 4.74 Å². The molecule has 0 unspecified atom stereocenters. The van der Waals surface area contributed by atoms with Gasteiger partial charge in [-0.05, 0) is 43.2 Å². The molecule has 0 radical (unpaired) electrons. The van der Waals surface area contributed by atoms with Gasteiger partial charge >= 0.3 is 0 Å². The van der Waals surface area contributed by atoms with Crippen molar-refractivity contribution in [3.63, 3.8) is 0 Å². The number of hydrogen-bond acceptors (Lipinski definition) is 5. The average molecular weight is 473 g/mol. The number of nitrogens with one attached hydrogen (secondary N) is 2. The van der Waals surface area contributed by atoms with Gasteiger partial charge in [0.1, 0.15) is 5.75 Å². The number of hydrogen-bond donors (Lipinski definition) is 2. The number of nitrogens with zero attached hydrogens (tertiary/aromatic N) is 2. The molecule has 0 aliphatic rings. The van der Waals surface area contributed by atoms with Crippen LogP contribution in [0.2, 0.25) is 0 Å². The topological polar surface area (TPSA) is 102 Å². The molecule has 3 aromatic rings. The van der Waals surface area contributed by atoms with Gasteiger partial charge in [0.25, 0.3) is 11.5 Å². The molecular weight excluding hydrogens is 452 g/mol. The molecule has 0 saturated heterocycles. The summed E-state index contributed by atoms with van der Waals surface area (Å²) in [6.45, 7) is 3.69. The summed E-state index contributed by atoms with van der Waals surface area (Å²) in [7, 11) is 0. The van der Waals surface area contributed by atoms with E-state index >= 15 is 0 Å². The van der Waals surface area contributed by atoms with Crippen molar-refractivity contribution in [1.82, 2.24) is 20.4 Å². The summed E-state index contributed by atoms with van der Waals surface area (Å²) in [6, 6.07) is 10.9. The Kier molecular flexibility index (Phi) is 6.83. The van der Waals surface area contributed by atoms with Crippen LogP contribution in [0.1, 0.15) is 17.5 Å². The first kappa shape index (κ1) is 21.5. The average Bonchev–Trinajstić information content (AvgIpc) is 2.72. The number of carbonyl (C=O) groups excluding carboxylic acids is 2. The van der Waals surface area contributed by atoms with Crippen LogP contribution in [0.15, 0.2) is 52.0 Å². The van der Waals surface area contributed by atoms with Crippen LogP contribution >= 0.6 is 15.9 Å². The highest BCUT2D eigenvalue weighted by Gasteiger charge is 2.10. The minimum absolute atomic E-state index is 0.000858. The third-order valence-corrected chi connectivity index (χ3v) is 4.96. The molecule has 0 fully saturated rings. The molecule has 3 rings (SSSR count). The van der Waals surface area contributed by atoms with Gasteiger partial charge in [0.05, 0.1) is 17.2 Å². The molecule has 0 saturated carbocycles. The lowest BCUT2D eigenvalue weighted by Gasteiger charge is -2.12. The van der Waals surface area contributed by atoms with Crippen LogP contribution in [0, 0.1) is 13.8 Å². The van der Waals surface area contributed by atoms with Crippen LogP contribution in [0.5, 0.6) is 5.75 Å². The van der Waals surface area contributed by atoms with Crippen LogP contribution in [-0.4, -0.2) is 28.0 Å². The summed E-state index contributed by atoms with van der Waals surface area (Å²) in [5.74, 6) is -0.272. The second kappa shape index (κ2) is 9.53. The highest BCUT2D eigenvalue weighted by atomic mass is 79.9. The third kappa shape index (κ3) is 5.24. The van der Waals surface area contributed by atoms with Crippen LogP contribution < -0.4 is 21.1 Å². The van der Waals surface area contributed by atoms with Crippen molar-refractivity contribution in [2.75, 3.05) is 6.61 Å². The van der Waals surface area contributed by atoms with E-state index in [0.717, 1.165) is 15.6 Å². The van der Waals surface area contributed by atoms with Crippen molar-refractivity contribution in [3.8, 4) is 5.75 Å². The fourth-order valence-electron chi connectivity index (χ4n) is 2.92. The lowest BCUT2D eigenvalue weighted by atomic mass is 10.1. The summed E-state index contributed by atoms with van der Waals surface area (Å²) in [5, 5.41) is 0.462. The summed E-state index contributed by atoms with van der Waals surface area (Å²) >= 11 is 3.33. The molecule has 1 heterocycles. The lowest BCUT2D eigenvalue weighted by molar-refractivity contribution is -0.130. The van der Waals surface area contributed by atoms with Crippen molar-refractivity contribution in [2.24, 2.45) is 0 Å². The second-order valence-electron chi connectivity index (χ2n) is 6.76. The molecule has 8 nitrogen and oxygen atoms in total. The normalized spacial score (nSPS) is 10.6. The van der Waals surface area contributed by atoms with Gasteiger partial charge in [-0.15, -0.1) is 0 Å². The molecule has 30 heavy (non-hydrogen) atoms. The first-order chi connectivity index (χ1) is 14.3. The van der Waals surface area contributed by atoms with Gasteiger partial charge < -0.3 is 4.74 Å². The number of rotatable bonds is 6. The van der Waals surface area contributed by atoms with E-state index in [1.54, 1.807) is 18.2 Å². The lowest BCUT2D eigenvalue weighted by Crippen LogP contribution is -2.44. The molecule has 0 atom stereocenters. The van der Waals surface area contributed by atoms with Gasteiger partial charge in [0, 0.05) is 17.4 Å². The Balaban J connectivity index is 1.49. The first-order valence-electron chi connectivity index (χ1n) is 9.26. The predicted molar refractivity (Wildman–Crippen MR) is 116 cm³/mol. The highest BCUT2D eigenvalue weighted by molar-refractivity contribution is 9.10. The van der Waals surface area contributed by atoms with Gasteiger partial charge in [-0.2, -0.15) is 0 Å². The van der Waals surface area contributed by atoms with Gasteiger partial charge in [0.15, 0.2) is 6.61 Å². The third-order valence-electron chi connectivity index (χ3n) is 4.46. The number of halogens is 1. The van der Waals surface area contributed by atoms with Crippen LogP contribution in [0.25, 0.3) is 10.9 Å². The van der Waals surface area contributed by atoms with Gasteiger partial charge in [-0.1, -0.05) is 34.1 Å². The number of aryl methyl sites for hydroxylation is 3. The largest absolute Gasteiger partial charge is 0.483 e. The van der Waals surface area contributed by atoms with Crippen LogP contribution in [0.3, 0.4) is 0 Å². The number of para-hydroxylation sites is 1. The first-order valence-corrected chi connectivity index (χ1v) is 10.1. The van der Waals surface area contributed by atoms with Gasteiger partial charge in [-0.25, -0.2) is 4.98 Å². The maximum Gasteiger partial charge on any atom is 0.276 e. The molecule has 2 aromatic carbocycles. The van der Waals surface area contributed by atoms with E-state index < -0.39 is 11.8 Å². The van der Waals surface area contributed by atoms with Crippen molar-refractivity contribution in [3.05, 3.63) is 68.7 Å². The predicted octanol–water partition coefficient (Wildman–Crippen LogP) is 2.39. The molecule has 2 N–H and O–H groups in total. The van der Waals surface area contributed by atoms with Crippen LogP contribution in [0.4, 0.5) is 0 Å². The summed E-state index contributed by atoms with van der Waals surface area (Å²) in [4.78, 5) is 40.7. The second-order valence-corrected chi connectivity index (χ2v) is 7.68. The number of hydrazine groups is 1. The van der Waals surface area contributed by atoms with Crippen molar-refractivity contribution >= 4 is 38.6 Å². The van der Waals surface area contributed by atoms with Crippen molar-refractivity contribution < 1.29 is 14.3 Å². The minimum atomic E-state index is -0.486. The Bertz CT molecular complexity index is 1140. The fourth-order valence-corrected chi connectivity index (χ4v) is 3.28. The number of fused-ring (bicyclic) bond motifs is 1. The zero-order chi connectivity index (χ0) is 21.7. The van der Waals surface area contributed by atoms with Crippen LogP contribution in [-0.2, 0) is 16.1 Å². The summed E-state index contributed by atoms with van der Waals surface area (Å²) in [5.41, 5.74) is 6.83. The number of benzene rings is 2. The standard InChI is InChI=1S/C21H21BrN4O4/c1-13-4-3-5-14(2)20(13)30-11-19(28)25-24-18(27)8-9-26-12-23-17-7-6-15(22)10-16(17)21(26)29/h3-7,10,12H,8-9,11H2,1-2H3,(H,24,27)(H,25,28). The number of aromatic nitrogens is 2.